The summed E-state index contributed by atoms with van der Waals surface area (Å²) >= 11 is 0. The van der Waals surface area contributed by atoms with Crippen LogP contribution in [-0.4, -0.2) is 90.0 Å². The van der Waals surface area contributed by atoms with Crippen molar-refractivity contribution >= 4 is 44.9 Å². The molecule has 422 valence electrons. The molecule has 0 saturated carbocycles. The van der Waals surface area contributed by atoms with Crippen molar-refractivity contribution in [3.63, 3.8) is 0 Å². The number of hydrogen-bond acceptors (Lipinski definition) is 12. The zero-order valence-corrected chi connectivity index (χ0v) is 54.6. The third kappa shape index (κ3) is 12.7. The van der Waals surface area contributed by atoms with Crippen LogP contribution >= 0.6 is 0 Å². The van der Waals surface area contributed by atoms with E-state index in [9.17, 15) is 9.59 Å². The quantitative estimate of drug-likeness (QED) is 0.0752. The second-order valence-electron chi connectivity index (χ2n) is 25.6. The second kappa shape index (κ2) is 25.6. The molecule has 2 aromatic rings. The summed E-state index contributed by atoms with van der Waals surface area (Å²) in [6, 6.07) is 0. The van der Waals surface area contributed by atoms with Gasteiger partial charge in [0.2, 0.25) is 16.6 Å². The van der Waals surface area contributed by atoms with Crippen LogP contribution in [0.15, 0.2) is 22.0 Å². The fourth-order valence-corrected chi connectivity index (χ4v) is 36.9. The van der Waals surface area contributed by atoms with Gasteiger partial charge in [-0.05, 0) is 66.5 Å². The van der Waals surface area contributed by atoms with Gasteiger partial charge in [0.15, 0.2) is 16.6 Å². The summed E-state index contributed by atoms with van der Waals surface area (Å²) in [5.74, 6) is 6.20. The van der Waals surface area contributed by atoms with Crippen molar-refractivity contribution < 1.29 is 27.2 Å². The second-order valence-corrected chi connectivity index (χ2v) is 47.4. The third-order valence-electron chi connectivity index (χ3n) is 17.8. The Hall–Kier alpha value is -2.45. The van der Waals surface area contributed by atoms with Crippen LogP contribution < -0.4 is 22.8 Å². The van der Waals surface area contributed by atoms with Crippen molar-refractivity contribution in [1.29, 1.82) is 0 Å². The minimum atomic E-state index is -2.40. The molecular formula is C56H104N6O8Si4. The van der Waals surface area contributed by atoms with Gasteiger partial charge in [0.05, 0.1) is 36.5 Å². The summed E-state index contributed by atoms with van der Waals surface area (Å²) in [7, 11) is -9.38. The maximum Gasteiger partial charge on any atom is 0.351 e. The Morgan fingerprint density at radius 3 is 0.946 bits per heavy atom. The molecule has 4 rings (SSSR count). The van der Waals surface area contributed by atoms with Gasteiger partial charge in [0.25, 0.3) is 0 Å². The van der Waals surface area contributed by atoms with Crippen molar-refractivity contribution in [1.82, 2.24) is 19.1 Å². The first-order chi connectivity index (χ1) is 34.2. The fourth-order valence-electron chi connectivity index (χ4n) is 14.8. The van der Waals surface area contributed by atoms with Crippen LogP contribution in [0.5, 0.6) is 0 Å². The zero-order valence-electron chi connectivity index (χ0n) is 50.6. The van der Waals surface area contributed by atoms with Crippen molar-refractivity contribution in [2.75, 3.05) is 24.7 Å². The van der Waals surface area contributed by atoms with Crippen LogP contribution in [0, 0.1) is 11.8 Å². The highest BCUT2D eigenvalue weighted by molar-refractivity contribution is 6.79. The first-order valence-corrected chi connectivity index (χ1v) is 37.0. The Morgan fingerprint density at radius 2 is 0.716 bits per heavy atom. The monoisotopic (exact) mass is 1100 g/mol. The van der Waals surface area contributed by atoms with E-state index in [-0.39, 0.29) is 23.8 Å². The van der Waals surface area contributed by atoms with E-state index in [1.165, 1.54) is 9.13 Å². The molecule has 18 heteroatoms. The lowest BCUT2D eigenvalue weighted by atomic mass is 10.2. The van der Waals surface area contributed by atoms with E-state index in [0.717, 1.165) is 0 Å². The first kappa shape index (κ1) is 64.1. The molecule has 2 fully saturated rings. The van der Waals surface area contributed by atoms with Gasteiger partial charge in [0, 0.05) is 25.2 Å². The summed E-state index contributed by atoms with van der Waals surface area (Å²) in [4.78, 5) is 36.3. The molecule has 2 aromatic heterocycles. The van der Waals surface area contributed by atoms with Crippen molar-refractivity contribution in [3.8, 4) is 11.8 Å². The van der Waals surface area contributed by atoms with Gasteiger partial charge in [-0.25, -0.2) is 9.59 Å². The van der Waals surface area contributed by atoms with Crippen LogP contribution in [0.2, 0.25) is 66.5 Å². The molecule has 4 N–H and O–H groups in total. The Bertz CT molecular complexity index is 2090. The number of hydrogen-bond donors (Lipinski definition) is 2. The highest BCUT2D eigenvalue weighted by atomic mass is 28.4. The number of rotatable bonds is 24. The lowest BCUT2D eigenvalue weighted by Crippen LogP contribution is -2.53. The SMILES string of the molecule is CC(C)[Si](OC[C@H]1O[C@@H](n2cc(C#Cc3cn([C@H]4C[C@H](O[Si](C(C)C)(C(C)C)C(C)C)[C@@H](CO[Si](C(C)C)(C(C)C)C(C)C)O4)c(=O)nc3N)c(N)nc2=O)C[C@@H]1O[Si](C(C)C)(C(C)C)C(C)C)(C(C)C)C(C)C. The number of nitrogens with two attached hydrogens (primary N) is 2. The number of anilines is 2. The highest BCUT2D eigenvalue weighted by Gasteiger charge is 2.54. The maximum atomic E-state index is 13.9. The van der Waals surface area contributed by atoms with Gasteiger partial charge >= 0.3 is 11.4 Å². The molecular weight excluding hydrogens is 997 g/mol. The molecule has 0 amide bonds. The molecule has 0 spiro atoms. The molecule has 2 saturated heterocycles. The van der Waals surface area contributed by atoms with Gasteiger partial charge in [-0.15, -0.1) is 0 Å². The summed E-state index contributed by atoms with van der Waals surface area (Å²) in [5, 5.41) is 0. The van der Waals surface area contributed by atoms with Gasteiger partial charge in [-0.2, -0.15) is 9.97 Å². The van der Waals surface area contributed by atoms with E-state index in [2.05, 4.69) is 188 Å². The maximum absolute atomic E-state index is 13.9. The molecule has 14 nitrogen and oxygen atoms in total. The Kier molecular flexibility index (Phi) is 22.1. The average Bonchev–Trinajstić information content (AvgIpc) is 3.86. The molecule has 0 bridgehead atoms. The Morgan fingerprint density at radius 1 is 0.473 bits per heavy atom. The van der Waals surface area contributed by atoms with Crippen molar-refractivity contribution in [2.24, 2.45) is 0 Å². The summed E-state index contributed by atoms with van der Waals surface area (Å²) < 4.78 is 46.1. The number of ether oxygens (including phenoxy) is 2. The van der Waals surface area contributed by atoms with E-state index >= 15 is 0 Å². The van der Waals surface area contributed by atoms with Crippen LogP contribution in [0.4, 0.5) is 11.6 Å². The fraction of sp³-hybridized carbons (Fsp3) is 0.821. The molecule has 4 heterocycles. The molecule has 0 aliphatic carbocycles. The van der Waals surface area contributed by atoms with Gasteiger partial charge in [-0.3, -0.25) is 9.13 Å². The van der Waals surface area contributed by atoms with E-state index in [4.69, 9.17) is 38.6 Å². The molecule has 0 aromatic carbocycles. The van der Waals surface area contributed by atoms with Crippen LogP contribution in [-0.2, 0) is 27.2 Å². The smallest absolute Gasteiger partial charge is 0.351 e. The lowest BCUT2D eigenvalue weighted by Gasteiger charge is -2.45. The van der Waals surface area contributed by atoms with Crippen LogP contribution in [0.1, 0.15) is 203 Å². The average molecular weight is 1100 g/mol. The molecule has 2 aliphatic heterocycles. The summed E-state index contributed by atoms with van der Waals surface area (Å²) in [6.45, 7) is 55.5. The number of nitrogen functional groups attached to an aromatic ring is 2. The van der Waals surface area contributed by atoms with Gasteiger partial charge in [-0.1, -0.05) is 178 Å². The Labute approximate surface area is 452 Å². The molecule has 74 heavy (non-hydrogen) atoms. The zero-order chi connectivity index (χ0) is 56.3. The number of aromatic nitrogens is 4. The molecule has 0 unspecified atom stereocenters. The normalized spacial score (nSPS) is 21.6. The third-order valence-corrected chi connectivity index (χ3v) is 42.2. The van der Waals surface area contributed by atoms with Crippen LogP contribution in [0.3, 0.4) is 0 Å². The van der Waals surface area contributed by atoms with Crippen LogP contribution in [0.25, 0.3) is 0 Å². The minimum Gasteiger partial charge on any atom is -0.413 e. The number of nitrogens with zero attached hydrogens (tertiary/aromatic N) is 4. The van der Waals surface area contributed by atoms with E-state index < -0.39 is 69.3 Å². The first-order valence-electron chi connectivity index (χ1n) is 28.4. The highest BCUT2D eigenvalue weighted by Crippen LogP contribution is 2.49. The standard InChI is InChI=1S/C56H104N6O8Si4/c1-33(2)71(34(3)4,35(5)6)65-31-49-47(69-73(39(13)14,40(15)16)41(17)18)27-51(67-49)61-29-45(53(57)59-55(61)63)25-26-46-30-62(56(64)60-54(46)58)52-28-48(70-74(42(19)20,43(21)22)44(23)24)50(68-52)32-66-72(36(7)8,37(9)10)38(11)12/h29-30,33-44,47-52H,27-28,31-32H2,1-24H3,(H2,57,59,63)(H2,58,60,64)/t47-,48-,49+,50+,51+,52+/m0/s1. The van der Waals surface area contributed by atoms with Crippen molar-refractivity contribution in [3.05, 3.63) is 44.5 Å². The topological polar surface area (TPSA) is 177 Å². The van der Waals surface area contributed by atoms with E-state index in [0.29, 0.717) is 104 Å². The minimum absolute atomic E-state index is 0.0319. The van der Waals surface area contributed by atoms with Gasteiger partial charge in [0.1, 0.15) is 36.3 Å². The summed E-state index contributed by atoms with van der Waals surface area (Å²) in [6.07, 6.45) is 1.20. The van der Waals surface area contributed by atoms with E-state index in [1.807, 2.05) is 0 Å². The Balaban J connectivity index is 1.79. The predicted octanol–water partition coefficient (Wildman–Crippen LogP) is 13.4. The summed E-state index contributed by atoms with van der Waals surface area (Å²) in [5.41, 5.74) is 16.8. The largest absolute Gasteiger partial charge is 0.413 e. The van der Waals surface area contributed by atoms with Crippen molar-refractivity contribution in [2.45, 2.75) is 282 Å². The molecule has 2 aliphatic rings. The lowest BCUT2D eigenvalue weighted by molar-refractivity contribution is -0.0422. The molecule has 0 radical (unpaired) electrons. The molecule has 6 atom stereocenters. The van der Waals surface area contributed by atoms with Gasteiger partial charge < -0.3 is 38.6 Å². The van der Waals surface area contributed by atoms with E-state index in [1.54, 1.807) is 12.4 Å². The predicted molar refractivity (Wildman–Crippen MR) is 315 cm³/mol.